The Morgan fingerprint density at radius 1 is 1.06 bits per heavy atom. The molecule has 0 aliphatic heterocycles. The number of aliphatic hydroxyl groups excluding tert-OH is 2. The van der Waals surface area contributed by atoms with Crippen LogP contribution in [0.15, 0.2) is 42.6 Å². The van der Waals surface area contributed by atoms with Gasteiger partial charge >= 0.3 is 0 Å². The zero-order valence-electron chi connectivity index (χ0n) is 9.21. The summed E-state index contributed by atoms with van der Waals surface area (Å²) >= 11 is 0. The number of ether oxygens (including phenoxy) is 1. The molecule has 2 aromatic rings. The van der Waals surface area contributed by atoms with E-state index in [-0.39, 0.29) is 13.2 Å². The van der Waals surface area contributed by atoms with E-state index in [1.54, 1.807) is 30.5 Å². The van der Waals surface area contributed by atoms with Crippen LogP contribution >= 0.6 is 0 Å². The predicted octanol–water partition coefficient (Wildman–Crippen LogP) is 1.86. The van der Waals surface area contributed by atoms with Gasteiger partial charge in [-0.15, -0.1) is 0 Å². The maximum Gasteiger partial charge on any atom is 0.132 e. The van der Waals surface area contributed by atoms with E-state index in [1.165, 1.54) is 0 Å². The van der Waals surface area contributed by atoms with E-state index < -0.39 is 0 Å². The van der Waals surface area contributed by atoms with Crippen LogP contribution in [0.2, 0.25) is 0 Å². The first-order chi connectivity index (χ1) is 8.33. The van der Waals surface area contributed by atoms with Gasteiger partial charge < -0.3 is 14.9 Å². The third-order valence-corrected chi connectivity index (χ3v) is 2.32. The summed E-state index contributed by atoms with van der Waals surface area (Å²) in [7, 11) is 0. The number of hydrogen-bond acceptors (Lipinski definition) is 4. The van der Waals surface area contributed by atoms with Gasteiger partial charge in [-0.1, -0.05) is 18.2 Å². The largest absolute Gasteiger partial charge is 0.457 e. The average molecular weight is 231 g/mol. The predicted molar refractivity (Wildman–Crippen MR) is 62.6 cm³/mol. The van der Waals surface area contributed by atoms with Crippen molar-refractivity contribution in [2.45, 2.75) is 13.2 Å². The molecule has 0 aliphatic rings. The highest BCUT2D eigenvalue weighted by Gasteiger charge is 2.04. The molecule has 0 spiro atoms. The second-order valence-corrected chi connectivity index (χ2v) is 3.51. The highest BCUT2D eigenvalue weighted by Crippen LogP contribution is 2.25. The molecule has 0 fully saturated rings. The SMILES string of the molecule is OCc1cc(Oc2ccccc2CO)ccn1. The lowest BCUT2D eigenvalue weighted by Crippen LogP contribution is -1.93. The summed E-state index contributed by atoms with van der Waals surface area (Å²) in [5.41, 5.74) is 1.26. The molecule has 1 aromatic heterocycles. The number of pyridine rings is 1. The zero-order valence-corrected chi connectivity index (χ0v) is 9.21. The Bertz CT molecular complexity index is 500. The van der Waals surface area contributed by atoms with Crippen LogP contribution in [0.4, 0.5) is 0 Å². The van der Waals surface area contributed by atoms with Crippen molar-refractivity contribution in [1.82, 2.24) is 4.98 Å². The smallest absolute Gasteiger partial charge is 0.132 e. The van der Waals surface area contributed by atoms with Crippen LogP contribution in [-0.2, 0) is 13.2 Å². The first-order valence-electron chi connectivity index (χ1n) is 5.26. The maximum absolute atomic E-state index is 9.16. The van der Waals surface area contributed by atoms with Gasteiger partial charge in [-0.2, -0.15) is 0 Å². The van der Waals surface area contributed by atoms with Crippen molar-refractivity contribution in [3.05, 3.63) is 53.9 Å². The van der Waals surface area contributed by atoms with Crippen LogP contribution in [0.1, 0.15) is 11.3 Å². The van der Waals surface area contributed by atoms with Gasteiger partial charge in [0.1, 0.15) is 11.5 Å². The molecule has 88 valence electrons. The third-order valence-electron chi connectivity index (χ3n) is 2.32. The van der Waals surface area contributed by atoms with E-state index >= 15 is 0 Å². The van der Waals surface area contributed by atoms with Crippen LogP contribution in [0, 0.1) is 0 Å². The molecule has 0 saturated heterocycles. The Balaban J connectivity index is 2.24. The molecule has 0 unspecified atom stereocenters. The Labute approximate surface area is 99.1 Å². The molecule has 2 N–H and O–H groups in total. The Morgan fingerprint density at radius 2 is 1.88 bits per heavy atom. The van der Waals surface area contributed by atoms with Crippen LogP contribution in [0.3, 0.4) is 0 Å². The molecule has 0 amide bonds. The fourth-order valence-corrected chi connectivity index (χ4v) is 1.47. The molecule has 1 heterocycles. The van der Waals surface area contributed by atoms with E-state index in [0.717, 1.165) is 5.56 Å². The van der Waals surface area contributed by atoms with E-state index in [9.17, 15) is 0 Å². The third kappa shape index (κ3) is 2.81. The molecule has 1 aromatic carbocycles. The normalized spacial score (nSPS) is 10.2. The number of aromatic nitrogens is 1. The fourth-order valence-electron chi connectivity index (χ4n) is 1.47. The highest BCUT2D eigenvalue weighted by molar-refractivity contribution is 5.37. The van der Waals surface area contributed by atoms with E-state index in [2.05, 4.69) is 4.98 Å². The summed E-state index contributed by atoms with van der Waals surface area (Å²) in [5, 5.41) is 18.1. The van der Waals surface area contributed by atoms with Crippen LogP contribution in [-0.4, -0.2) is 15.2 Å². The molecule has 0 radical (unpaired) electrons. The van der Waals surface area contributed by atoms with Gasteiger partial charge in [0.05, 0.1) is 18.9 Å². The highest BCUT2D eigenvalue weighted by atomic mass is 16.5. The van der Waals surface area contributed by atoms with Crippen molar-refractivity contribution in [3.63, 3.8) is 0 Å². The molecule has 2 rings (SSSR count). The van der Waals surface area contributed by atoms with Gasteiger partial charge in [0, 0.05) is 17.8 Å². The number of para-hydroxylation sites is 1. The van der Waals surface area contributed by atoms with Crippen molar-refractivity contribution in [1.29, 1.82) is 0 Å². The summed E-state index contributed by atoms with van der Waals surface area (Å²) in [6, 6.07) is 10.6. The lowest BCUT2D eigenvalue weighted by Gasteiger charge is -2.09. The van der Waals surface area contributed by atoms with E-state index in [0.29, 0.717) is 17.2 Å². The minimum atomic E-state index is -0.126. The molecule has 0 atom stereocenters. The van der Waals surface area contributed by atoms with Crippen molar-refractivity contribution in [3.8, 4) is 11.5 Å². The van der Waals surface area contributed by atoms with Gasteiger partial charge in [0.2, 0.25) is 0 Å². The van der Waals surface area contributed by atoms with Crippen LogP contribution in [0.25, 0.3) is 0 Å². The lowest BCUT2D eigenvalue weighted by atomic mass is 10.2. The second-order valence-electron chi connectivity index (χ2n) is 3.51. The van der Waals surface area contributed by atoms with Gasteiger partial charge in [-0.3, -0.25) is 4.98 Å². The van der Waals surface area contributed by atoms with Gasteiger partial charge in [0.25, 0.3) is 0 Å². The molecule has 0 saturated carbocycles. The molecule has 4 heteroatoms. The Kier molecular flexibility index (Phi) is 3.69. The standard InChI is InChI=1S/C13H13NO3/c15-8-10-3-1-2-4-13(10)17-12-5-6-14-11(7-12)9-16/h1-7,15-16H,8-9H2. The number of rotatable bonds is 4. The number of aliphatic hydroxyl groups is 2. The number of benzene rings is 1. The molecular formula is C13H13NO3. The second kappa shape index (κ2) is 5.43. The molecule has 0 bridgehead atoms. The quantitative estimate of drug-likeness (QED) is 0.843. The molecule has 4 nitrogen and oxygen atoms in total. The fraction of sp³-hybridized carbons (Fsp3) is 0.154. The summed E-state index contributed by atoms with van der Waals surface area (Å²) < 4.78 is 5.63. The molecule has 17 heavy (non-hydrogen) atoms. The summed E-state index contributed by atoms with van der Waals surface area (Å²) in [6.07, 6.45) is 1.57. The zero-order chi connectivity index (χ0) is 12.1. The van der Waals surface area contributed by atoms with Gasteiger partial charge in [0.15, 0.2) is 0 Å². The van der Waals surface area contributed by atoms with E-state index in [1.807, 2.05) is 12.1 Å². The van der Waals surface area contributed by atoms with Crippen molar-refractivity contribution >= 4 is 0 Å². The molecule has 0 aliphatic carbocycles. The number of hydrogen-bond donors (Lipinski definition) is 2. The number of nitrogens with zero attached hydrogens (tertiary/aromatic N) is 1. The van der Waals surface area contributed by atoms with Crippen molar-refractivity contribution in [2.24, 2.45) is 0 Å². The topological polar surface area (TPSA) is 62.6 Å². The van der Waals surface area contributed by atoms with Crippen molar-refractivity contribution in [2.75, 3.05) is 0 Å². The minimum Gasteiger partial charge on any atom is -0.457 e. The van der Waals surface area contributed by atoms with Crippen LogP contribution in [0.5, 0.6) is 11.5 Å². The minimum absolute atomic E-state index is 0.0753. The maximum atomic E-state index is 9.16. The summed E-state index contributed by atoms with van der Waals surface area (Å²) in [4.78, 5) is 3.96. The Hall–Kier alpha value is -1.91. The first-order valence-corrected chi connectivity index (χ1v) is 5.26. The first kappa shape index (κ1) is 11.6. The summed E-state index contributed by atoms with van der Waals surface area (Å²) in [6.45, 7) is -0.201. The van der Waals surface area contributed by atoms with Crippen molar-refractivity contribution < 1.29 is 14.9 Å². The monoisotopic (exact) mass is 231 g/mol. The average Bonchev–Trinajstić information content (AvgIpc) is 2.39. The van der Waals surface area contributed by atoms with Gasteiger partial charge in [-0.05, 0) is 12.1 Å². The van der Waals surface area contributed by atoms with Crippen LogP contribution < -0.4 is 4.74 Å². The van der Waals surface area contributed by atoms with Gasteiger partial charge in [-0.25, -0.2) is 0 Å². The summed E-state index contributed by atoms with van der Waals surface area (Å²) in [5.74, 6) is 1.19. The molecular weight excluding hydrogens is 218 g/mol. The lowest BCUT2D eigenvalue weighted by molar-refractivity contribution is 0.274. The Morgan fingerprint density at radius 3 is 2.65 bits per heavy atom. The van der Waals surface area contributed by atoms with E-state index in [4.69, 9.17) is 14.9 Å².